The zero-order valence-electron chi connectivity index (χ0n) is 11.4. The predicted molar refractivity (Wildman–Crippen MR) is 77.0 cm³/mol. The van der Waals surface area contributed by atoms with E-state index < -0.39 is 5.97 Å². The Morgan fingerprint density at radius 1 is 1.35 bits per heavy atom. The first-order valence-electron chi connectivity index (χ1n) is 6.66. The molecular formula is C14H19N3O3. The van der Waals surface area contributed by atoms with Crippen molar-refractivity contribution in [3.8, 4) is 0 Å². The number of aromatic carboxylic acids is 1. The zero-order chi connectivity index (χ0) is 14.7. The van der Waals surface area contributed by atoms with Gasteiger partial charge in [-0.2, -0.15) is 0 Å². The molecule has 0 unspecified atom stereocenters. The van der Waals surface area contributed by atoms with Gasteiger partial charge in [0, 0.05) is 13.1 Å². The second-order valence-corrected chi connectivity index (χ2v) is 5.07. The highest BCUT2D eigenvalue weighted by atomic mass is 16.4. The summed E-state index contributed by atoms with van der Waals surface area (Å²) in [6, 6.07) is 4.35. The molecule has 0 heterocycles. The molecule has 0 atom stereocenters. The molecule has 0 radical (unpaired) electrons. The smallest absolute Gasteiger partial charge is 0.335 e. The number of carboxylic acid groups (broad SMARTS) is 1. The molecule has 108 valence electrons. The van der Waals surface area contributed by atoms with Crippen molar-refractivity contribution in [3.63, 3.8) is 0 Å². The van der Waals surface area contributed by atoms with Crippen LogP contribution in [0.5, 0.6) is 0 Å². The molecule has 0 aromatic heterocycles. The molecule has 0 bridgehead atoms. The van der Waals surface area contributed by atoms with E-state index in [0.29, 0.717) is 5.69 Å². The van der Waals surface area contributed by atoms with Gasteiger partial charge in [0.15, 0.2) is 0 Å². The van der Waals surface area contributed by atoms with Crippen molar-refractivity contribution in [3.05, 3.63) is 23.8 Å². The summed E-state index contributed by atoms with van der Waals surface area (Å²) in [5, 5.41) is 11.8. The summed E-state index contributed by atoms with van der Waals surface area (Å²) in [5.74, 6) is -1.04. The number of nitrogens with zero attached hydrogens (tertiary/aromatic N) is 1. The van der Waals surface area contributed by atoms with Gasteiger partial charge in [-0.05, 0) is 31.0 Å². The van der Waals surface area contributed by atoms with E-state index in [0.717, 1.165) is 25.7 Å². The summed E-state index contributed by atoms with van der Waals surface area (Å²) >= 11 is 0. The molecule has 1 aliphatic carbocycles. The average Bonchev–Trinajstić information content (AvgIpc) is 2.90. The lowest BCUT2D eigenvalue weighted by Gasteiger charge is -2.22. The minimum absolute atomic E-state index is 0.107. The Morgan fingerprint density at radius 2 is 2.00 bits per heavy atom. The van der Waals surface area contributed by atoms with E-state index in [9.17, 15) is 9.59 Å². The van der Waals surface area contributed by atoms with Gasteiger partial charge in [-0.15, -0.1) is 0 Å². The molecule has 0 aliphatic heterocycles. The Bertz CT molecular complexity index is 524. The first-order valence-corrected chi connectivity index (χ1v) is 6.66. The van der Waals surface area contributed by atoms with E-state index in [1.807, 2.05) is 0 Å². The minimum atomic E-state index is -1.04. The monoisotopic (exact) mass is 277 g/mol. The Labute approximate surface area is 117 Å². The lowest BCUT2D eigenvalue weighted by molar-refractivity contribution is 0.0697. The molecule has 6 nitrogen and oxygen atoms in total. The Hall–Kier alpha value is -2.24. The molecular weight excluding hydrogens is 258 g/mol. The summed E-state index contributed by atoms with van der Waals surface area (Å²) in [6.45, 7) is 0. The number of hydrogen-bond donors (Lipinski definition) is 3. The number of carbonyl (C=O) groups excluding carboxylic acids is 1. The third-order valence-corrected chi connectivity index (χ3v) is 3.62. The molecule has 1 aromatic carbocycles. The van der Waals surface area contributed by atoms with E-state index in [-0.39, 0.29) is 23.3 Å². The van der Waals surface area contributed by atoms with Crippen LogP contribution in [0.15, 0.2) is 18.2 Å². The molecule has 2 amide bonds. The van der Waals surface area contributed by atoms with Crippen LogP contribution in [0, 0.1) is 0 Å². The lowest BCUT2D eigenvalue weighted by atomic mass is 10.1. The third kappa shape index (κ3) is 3.01. The molecule has 1 aromatic rings. The van der Waals surface area contributed by atoms with Crippen LogP contribution in [-0.2, 0) is 0 Å². The van der Waals surface area contributed by atoms with Crippen molar-refractivity contribution in [2.75, 3.05) is 17.7 Å². The number of nitrogens with one attached hydrogen (secondary N) is 1. The average molecular weight is 277 g/mol. The molecule has 4 N–H and O–H groups in total. The number of benzene rings is 1. The third-order valence-electron chi connectivity index (χ3n) is 3.62. The highest BCUT2D eigenvalue weighted by molar-refractivity contribution is 5.97. The topological polar surface area (TPSA) is 95.7 Å². The van der Waals surface area contributed by atoms with Crippen LogP contribution in [0.3, 0.4) is 0 Å². The number of nitrogen functional groups attached to an aromatic ring is 1. The summed E-state index contributed by atoms with van der Waals surface area (Å²) < 4.78 is 0. The number of amides is 2. The second-order valence-electron chi connectivity index (χ2n) is 5.07. The Morgan fingerprint density at radius 3 is 2.55 bits per heavy atom. The van der Waals surface area contributed by atoms with E-state index in [1.165, 1.54) is 17.0 Å². The fraction of sp³-hybridized carbons (Fsp3) is 0.429. The van der Waals surface area contributed by atoms with Gasteiger partial charge in [0.05, 0.1) is 16.9 Å². The summed E-state index contributed by atoms with van der Waals surface area (Å²) in [4.78, 5) is 24.4. The number of urea groups is 1. The molecule has 0 saturated heterocycles. The first-order chi connectivity index (χ1) is 9.49. The lowest BCUT2D eigenvalue weighted by Crippen LogP contribution is -2.42. The van der Waals surface area contributed by atoms with Crippen molar-refractivity contribution < 1.29 is 14.7 Å². The van der Waals surface area contributed by atoms with Gasteiger partial charge >= 0.3 is 12.0 Å². The Balaban J connectivity index is 2.09. The molecule has 2 rings (SSSR count). The second kappa shape index (κ2) is 5.81. The van der Waals surface area contributed by atoms with E-state index >= 15 is 0 Å². The van der Waals surface area contributed by atoms with Crippen LogP contribution >= 0.6 is 0 Å². The number of hydrogen-bond acceptors (Lipinski definition) is 3. The molecule has 20 heavy (non-hydrogen) atoms. The fourth-order valence-corrected chi connectivity index (χ4v) is 2.44. The number of rotatable bonds is 3. The van der Waals surface area contributed by atoms with E-state index in [1.54, 1.807) is 13.1 Å². The normalized spacial score (nSPS) is 15.1. The number of nitrogens with two attached hydrogens (primary N) is 1. The summed E-state index contributed by atoms with van der Waals surface area (Å²) in [6.07, 6.45) is 4.30. The van der Waals surface area contributed by atoms with Crippen molar-refractivity contribution in [2.45, 2.75) is 31.7 Å². The van der Waals surface area contributed by atoms with Crippen LogP contribution in [0.1, 0.15) is 36.0 Å². The maximum atomic E-state index is 12.1. The van der Waals surface area contributed by atoms with E-state index in [4.69, 9.17) is 10.8 Å². The molecule has 1 saturated carbocycles. The summed E-state index contributed by atoms with van der Waals surface area (Å²) in [5.41, 5.74) is 6.71. The molecule has 6 heteroatoms. The largest absolute Gasteiger partial charge is 0.478 e. The zero-order valence-corrected chi connectivity index (χ0v) is 11.4. The van der Waals surface area contributed by atoms with Gasteiger partial charge in [-0.3, -0.25) is 4.90 Å². The van der Waals surface area contributed by atoms with Crippen molar-refractivity contribution >= 4 is 23.4 Å². The number of anilines is 2. The molecule has 0 spiro atoms. The standard InChI is InChI=1S/C14H19N3O3/c1-17(14(20)16-10-4-2-3-5-10)12-7-6-9(13(18)19)8-11(12)15/h6-8,10H,2-5,15H2,1H3,(H,16,20)(H,18,19). The molecule has 1 fully saturated rings. The quantitative estimate of drug-likeness (QED) is 0.737. The highest BCUT2D eigenvalue weighted by Gasteiger charge is 2.21. The van der Waals surface area contributed by atoms with E-state index in [2.05, 4.69) is 5.32 Å². The van der Waals surface area contributed by atoms with Crippen molar-refractivity contribution in [2.24, 2.45) is 0 Å². The number of carbonyl (C=O) groups is 2. The van der Waals surface area contributed by atoms with Gasteiger partial charge in [0.2, 0.25) is 0 Å². The van der Waals surface area contributed by atoms with Crippen molar-refractivity contribution in [1.29, 1.82) is 0 Å². The highest BCUT2D eigenvalue weighted by Crippen LogP contribution is 2.24. The van der Waals surface area contributed by atoms with Crippen LogP contribution in [0.2, 0.25) is 0 Å². The van der Waals surface area contributed by atoms with Crippen LogP contribution < -0.4 is 16.0 Å². The number of carboxylic acids is 1. The minimum Gasteiger partial charge on any atom is -0.478 e. The van der Waals surface area contributed by atoms with Crippen LogP contribution in [-0.4, -0.2) is 30.2 Å². The van der Waals surface area contributed by atoms with Gasteiger partial charge in [-0.25, -0.2) is 9.59 Å². The maximum absolute atomic E-state index is 12.1. The Kier molecular flexibility index (Phi) is 4.12. The van der Waals surface area contributed by atoms with Gasteiger partial charge in [0.25, 0.3) is 0 Å². The van der Waals surface area contributed by atoms with Gasteiger partial charge < -0.3 is 16.2 Å². The van der Waals surface area contributed by atoms with Crippen molar-refractivity contribution in [1.82, 2.24) is 5.32 Å². The first kappa shape index (κ1) is 14.2. The van der Waals surface area contributed by atoms with Gasteiger partial charge in [-0.1, -0.05) is 12.8 Å². The fourth-order valence-electron chi connectivity index (χ4n) is 2.44. The summed E-state index contributed by atoms with van der Waals surface area (Å²) in [7, 11) is 1.62. The van der Waals surface area contributed by atoms with Gasteiger partial charge in [0.1, 0.15) is 0 Å². The van der Waals surface area contributed by atoms with Crippen LogP contribution in [0.25, 0.3) is 0 Å². The predicted octanol–water partition coefficient (Wildman–Crippen LogP) is 2.06. The molecule has 1 aliphatic rings. The SMILES string of the molecule is CN(C(=O)NC1CCCC1)c1ccc(C(=O)O)cc1N. The maximum Gasteiger partial charge on any atom is 0.335 e. The van der Waals surface area contributed by atoms with Crippen LogP contribution in [0.4, 0.5) is 16.2 Å².